The van der Waals surface area contributed by atoms with Gasteiger partial charge < -0.3 is 9.30 Å². The smallest absolute Gasteiger partial charge is 0.225 e. The summed E-state index contributed by atoms with van der Waals surface area (Å²) in [4.78, 5) is 4.92. The number of quaternary nitrogens is 2. The monoisotopic (exact) mass is 994 g/mol. The molecule has 1 fully saturated rings. The molecule has 2 aliphatic rings. The summed E-state index contributed by atoms with van der Waals surface area (Å²) >= 11 is 0. The fourth-order valence-corrected chi connectivity index (χ4v) is 9.71. The van der Waals surface area contributed by atoms with Crippen molar-refractivity contribution in [3.05, 3.63) is 175 Å². The summed E-state index contributed by atoms with van der Waals surface area (Å²) in [5.74, 6) is 2.80. The molecule has 2 aromatic heterocycles. The average Bonchev–Trinajstić information content (AvgIpc) is 3.73. The van der Waals surface area contributed by atoms with Gasteiger partial charge in [-0.05, 0) is 74.1 Å². The first-order valence-corrected chi connectivity index (χ1v) is 21.8. The zero-order valence-corrected chi connectivity index (χ0v) is 39.7. The van der Waals surface area contributed by atoms with Crippen LogP contribution >= 0.6 is 0 Å². The Balaban J connectivity index is 0.00000490. The molecule has 316 valence electrons. The third kappa shape index (κ3) is 6.42. The van der Waals surface area contributed by atoms with Crippen LogP contribution in [-0.4, -0.2) is 9.55 Å². The molecule has 0 saturated carbocycles. The van der Waals surface area contributed by atoms with Crippen LogP contribution in [0.15, 0.2) is 134 Å². The largest absolute Gasteiger partial charge is 0.509 e. The number of benzene rings is 6. The van der Waals surface area contributed by atoms with Crippen LogP contribution in [-0.2, 0) is 31.9 Å². The van der Waals surface area contributed by atoms with Gasteiger partial charge in [-0.25, -0.2) is 9.58 Å². The van der Waals surface area contributed by atoms with Gasteiger partial charge >= 0.3 is 0 Å². The molecule has 62 heavy (non-hydrogen) atoms. The number of aromatic nitrogens is 2. The minimum absolute atomic E-state index is 0. The van der Waals surface area contributed by atoms with E-state index in [-0.39, 0.29) is 31.9 Å². The summed E-state index contributed by atoms with van der Waals surface area (Å²) < 4.78 is 10.4. The molecule has 8 aromatic rings. The second-order valence-corrected chi connectivity index (χ2v) is 19.7. The molecule has 6 heteroatoms. The maximum absolute atomic E-state index is 7.05. The summed E-state index contributed by atoms with van der Waals surface area (Å²) in [6, 6.07) is 54.1. The van der Waals surface area contributed by atoms with Gasteiger partial charge in [-0.15, -0.1) is 29.1 Å². The van der Waals surface area contributed by atoms with Crippen LogP contribution in [0.4, 0.5) is 22.7 Å². The second kappa shape index (κ2) is 14.9. The first-order chi connectivity index (χ1) is 29.1. The van der Waals surface area contributed by atoms with Gasteiger partial charge in [0.15, 0.2) is 12.4 Å². The van der Waals surface area contributed by atoms with Crippen molar-refractivity contribution >= 4 is 44.6 Å². The maximum Gasteiger partial charge on any atom is 0.225 e. The molecule has 10 rings (SSSR count). The van der Waals surface area contributed by atoms with Gasteiger partial charge in [0.05, 0.1) is 5.69 Å². The molecule has 0 radical (unpaired) electrons. The SMILES string of the molecule is CC(C)c1cccc(C(C)C)c1-c1cc(Oc2[c-]c3c(cc2)c2ccccc2n3-c2cc(C(C)(C)C)ccn2)[c-]c([N+]23[CH-][N@+]2(c2cccc(C(C)(C)C)c2)c2ccccc23)c1.[Pt]. The van der Waals surface area contributed by atoms with Gasteiger partial charge in [-0.1, -0.05) is 148 Å². The summed E-state index contributed by atoms with van der Waals surface area (Å²) in [6.45, 7) is 25.2. The Morgan fingerprint density at radius 3 is 1.95 bits per heavy atom. The normalized spacial score (nSPS) is 18.1. The number of hydrogen-bond donors (Lipinski definition) is 0. The van der Waals surface area contributed by atoms with E-state index >= 15 is 0 Å². The van der Waals surface area contributed by atoms with Crippen molar-refractivity contribution in [1.29, 1.82) is 0 Å². The summed E-state index contributed by atoms with van der Waals surface area (Å²) in [5, 5.41) is 2.25. The van der Waals surface area contributed by atoms with Gasteiger partial charge in [-0.3, -0.25) is 0 Å². The van der Waals surface area contributed by atoms with Crippen molar-refractivity contribution < 1.29 is 25.8 Å². The van der Waals surface area contributed by atoms with Crippen LogP contribution in [0.3, 0.4) is 0 Å². The van der Waals surface area contributed by atoms with E-state index in [4.69, 9.17) is 9.72 Å². The number of ether oxygens (including phenoxy) is 1. The maximum atomic E-state index is 7.05. The van der Waals surface area contributed by atoms with Gasteiger partial charge in [-0.2, -0.15) is 10.7 Å². The predicted molar refractivity (Wildman–Crippen MR) is 254 cm³/mol. The van der Waals surface area contributed by atoms with E-state index in [2.05, 4.69) is 214 Å². The van der Waals surface area contributed by atoms with E-state index < -0.39 is 0 Å². The molecule has 6 aromatic carbocycles. The van der Waals surface area contributed by atoms with Crippen LogP contribution in [0.1, 0.15) is 103 Å². The molecule has 0 spiro atoms. The minimum Gasteiger partial charge on any atom is -0.509 e. The third-order valence-electron chi connectivity index (χ3n) is 13.0. The van der Waals surface area contributed by atoms with E-state index in [1.54, 1.807) is 0 Å². The Labute approximate surface area is 382 Å². The number of pyridine rings is 1. The zero-order chi connectivity index (χ0) is 42.6. The van der Waals surface area contributed by atoms with Crippen LogP contribution in [0.2, 0.25) is 0 Å². The molecule has 0 amide bonds. The minimum atomic E-state index is -0.0275. The molecule has 1 saturated heterocycles. The van der Waals surface area contributed by atoms with Gasteiger partial charge in [0.1, 0.15) is 5.82 Å². The first-order valence-electron chi connectivity index (χ1n) is 21.8. The average molecular weight is 995 g/mol. The Bertz CT molecular complexity index is 3010. The van der Waals surface area contributed by atoms with Crippen LogP contribution in [0, 0.1) is 18.8 Å². The number of hydrogen-bond acceptors (Lipinski definition) is 2. The van der Waals surface area contributed by atoms with Gasteiger partial charge in [0, 0.05) is 68.5 Å². The Morgan fingerprint density at radius 2 is 1.26 bits per heavy atom. The molecular weight excluding hydrogens is 940 g/mol. The van der Waals surface area contributed by atoms with Crippen molar-refractivity contribution in [3.63, 3.8) is 0 Å². The standard InChI is InChI=1S/C56H55N4O.Pt/c1-36(2)45-20-16-21-46(37(3)4)54(45)38-29-42(60-35-59(60,51-23-13-14-24-52(51)60)41-18-15-17-39(31-41)55(5,6)7)33-44(30-38)61-43-25-26-48-47-19-11-12-22-49(47)58(50(48)34-43)53-32-40(27-28-57-53)56(8,9)10;/h11-32,35-37H,1-10H3;/q-1;/t59-,60?;/m0./s1. The predicted octanol–water partition coefficient (Wildman–Crippen LogP) is 15.4. The molecule has 0 N–H and O–H groups in total. The van der Waals surface area contributed by atoms with E-state index in [0.717, 1.165) is 38.9 Å². The van der Waals surface area contributed by atoms with Crippen molar-refractivity contribution in [3.8, 4) is 28.4 Å². The van der Waals surface area contributed by atoms with E-state index in [1.807, 2.05) is 12.3 Å². The molecule has 4 heterocycles. The van der Waals surface area contributed by atoms with Crippen molar-refractivity contribution in [2.75, 3.05) is 0 Å². The first kappa shape index (κ1) is 42.0. The zero-order valence-electron chi connectivity index (χ0n) is 37.4. The number of rotatable bonds is 8. The fraction of sp³-hybridized carbons (Fsp3) is 0.250. The topological polar surface area (TPSA) is 27.1 Å². The van der Waals surface area contributed by atoms with E-state index in [0.29, 0.717) is 32.5 Å². The third-order valence-corrected chi connectivity index (χ3v) is 13.0. The van der Waals surface area contributed by atoms with Crippen molar-refractivity contribution in [2.24, 2.45) is 0 Å². The van der Waals surface area contributed by atoms with E-state index in [1.165, 1.54) is 44.9 Å². The van der Waals surface area contributed by atoms with Crippen molar-refractivity contribution in [1.82, 2.24) is 18.7 Å². The number of para-hydroxylation sites is 3. The molecule has 5 nitrogen and oxygen atoms in total. The van der Waals surface area contributed by atoms with Gasteiger partial charge in [0.25, 0.3) is 0 Å². The fourth-order valence-electron chi connectivity index (χ4n) is 9.71. The molecule has 0 aliphatic carbocycles. The number of nitrogens with zero attached hydrogens (tertiary/aromatic N) is 4. The summed E-state index contributed by atoms with van der Waals surface area (Å²) in [5.41, 5.74) is 14.4. The number of fused-ring (bicyclic) bond motifs is 7. The van der Waals surface area contributed by atoms with Crippen LogP contribution in [0.25, 0.3) is 38.8 Å². The molecule has 1 unspecified atom stereocenters. The second-order valence-electron chi connectivity index (χ2n) is 19.7. The Morgan fingerprint density at radius 1 is 0.613 bits per heavy atom. The molecule has 2 atom stereocenters. The quantitative estimate of drug-likeness (QED) is 0.0862. The molecule has 2 aliphatic heterocycles. The molecule has 0 bridgehead atoms. The van der Waals surface area contributed by atoms with Gasteiger partial charge in [0.2, 0.25) is 11.4 Å². The van der Waals surface area contributed by atoms with Crippen LogP contribution in [0.5, 0.6) is 11.5 Å². The van der Waals surface area contributed by atoms with E-state index in [9.17, 15) is 0 Å². The van der Waals surface area contributed by atoms with Crippen LogP contribution < -0.4 is 13.9 Å². The summed E-state index contributed by atoms with van der Waals surface area (Å²) in [7, 11) is 0. The Hall–Kier alpha value is -5.32. The molecular formula is C56H55N4OPt-. The van der Waals surface area contributed by atoms with Crippen molar-refractivity contribution in [2.45, 2.75) is 91.9 Å². The Kier molecular flexibility index (Phi) is 10.1. The summed E-state index contributed by atoms with van der Waals surface area (Å²) in [6.07, 6.45) is 1.92.